The number of aryl methyl sites for hydroxylation is 1. The van der Waals surface area contributed by atoms with E-state index in [0.717, 1.165) is 4.68 Å². The minimum atomic E-state index is -0.663. The van der Waals surface area contributed by atoms with Crippen LogP contribution in [0.25, 0.3) is 0 Å². The van der Waals surface area contributed by atoms with Crippen LogP contribution in [0.15, 0.2) is 11.0 Å². The van der Waals surface area contributed by atoms with Crippen LogP contribution in [0, 0.1) is 13.8 Å². The number of carbonyl (C=O) groups excluding carboxylic acids is 2. The maximum Gasteiger partial charge on any atom is 0.340 e. The van der Waals surface area contributed by atoms with Crippen molar-refractivity contribution < 1.29 is 14.3 Å². The molecule has 2 heterocycles. The lowest BCUT2D eigenvalue weighted by Crippen LogP contribution is -2.27. The summed E-state index contributed by atoms with van der Waals surface area (Å²) in [4.78, 5) is 39.3. The third-order valence-electron chi connectivity index (χ3n) is 3.43. The van der Waals surface area contributed by atoms with Crippen LogP contribution in [0.2, 0.25) is 10.0 Å². The van der Waals surface area contributed by atoms with Crippen molar-refractivity contribution in [2.24, 2.45) is 0 Å². The van der Waals surface area contributed by atoms with E-state index >= 15 is 0 Å². The van der Waals surface area contributed by atoms with Crippen molar-refractivity contribution in [1.82, 2.24) is 14.8 Å². The van der Waals surface area contributed by atoms with E-state index in [4.69, 9.17) is 27.9 Å². The molecule has 0 aliphatic heterocycles. The minimum Gasteiger partial charge on any atom is -0.462 e. The van der Waals surface area contributed by atoms with Crippen LogP contribution < -0.4 is 5.56 Å². The lowest BCUT2D eigenvalue weighted by molar-refractivity contribution is 0.0525. The summed E-state index contributed by atoms with van der Waals surface area (Å²) in [5.41, 5.74) is 0.849. The molecule has 2 rings (SSSR count). The number of nitrogens with zero attached hydrogens (tertiary/aromatic N) is 2. The number of Topliss-reactive ketones (excluding diaryl/α,β-unsaturated/α-hetero) is 1. The highest BCUT2D eigenvalue weighted by atomic mass is 35.5. The number of carbonyl (C=O) groups is 2. The molecule has 0 saturated carbocycles. The summed E-state index contributed by atoms with van der Waals surface area (Å²) in [5, 5.41) is 3.60. The van der Waals surface area contributed by atoms with Crippen LogP contribution in [-0.4, -0.2) is 33.1 Å². The fraction of sp³-hybridized carbons (Fsp3) is 0.333. The highest BCUT2D eigenvalue weighted by Crippen LogP contribution is 2.20. The molecule has 0 amide bonds. The first kappa shape index (κ1) is 18.2. The van der Waals surface area contributed by atoms with Gasteiger partial charge in [0.1, 0.15) is 11.6 Å². The van der Waals surface area contributed by atoms with Gasteiger partial charge in [-0.3, -0.25) is 9.59 Å². The summed E-state index contributed by atoms with van der Waals surface area (Å²) in [6, 6.07) is 0. The van der Waals surface area contributed by atoms with E-state index in [9.17, 15) is 14.4 Å². The number of ether oxygens (including phenoxy) is 1. The van der Waals surface area contributed by atoms with Gasteiger partial charge in [0.25, 0.3) is 5.56 Å². The summed E-state index contributed by atoms with van der Waals surface area (Å²) >= 11 is 11.5. The zero-order chi connectivity index (χ0) is 18.0. The number of aromatic nitrogens is 3. The van der Waals surface area contributed by atoms with E-state index < -0.39 is 17.3 Å². The summed E-state index contributed by atoms with van der Waals surface area (Å²) < 4.78 is 5.89. The lowest BCUT2D eigenvalue weighted by Gasteiger charge is -2.05. The van der Waals surface area contributed by atoms with Gasteiger partial charge in [-0.15, -0.1) is 0 Å². The number of H-pyrrole nitrogens is 1. The van der Waals surface area contributed by atoms with Crippen LogP contribution in [-0.2, 0) is 11.3 Å². The Morgan fingerprint density at radius 3 is 2.62 bits per heavy atom. The second kappa shape index (κ2) is 7.19. The van der Waals surface area contributed by atoms with Crippen LogP contribution in [0.3, 0.4) is 0 Å². The normalized spacial score (nSPS) is 10.7. The molecular weight excluding hydrogens is 357 g/mol. The molecule has 1 N–H and O–H groups in total. The SMILES string of the molecule is CCOC(=O)c1c(C)[nH]c(C(=O)Cn2ncc(Cl)c(Cl)c2=O)c1C. The zero-order valence-corrected chi connectivity index (χ0v) is 14.8. The van der Waals surface area contributed by atoms with E-state index in [0.29, 0.717) is 16.8 Å². The standard InChI is InChI=1S/C15H15Cl2N3O4/c1-4-24-15(23)11-7(2)13(19-8(11)3)10(21)6-20-14(22)12(17)9(16)5-18-20/h5,19H,4,6H2,1-3H3. The van der Waals surface area contributed by atoms with E-state index in [1.54, 1.807) is 20.8 Å². The van der Waals surface area contributed by atoms with Gasteiger partial charge in [0, 0.05) is 5.69 Å². The van der Waals surface area contributed by atoms with Gasteiger partial charge in [-0.25, -0.2) is 9.48 Å². The molecule has 0 atom stereocenters. The van der Waals surface area contributed by atoms with E-state index in [2.05, 4.69) is 10.1 Å². The van der Waals surface area contributed by atoms with Crippen molar-refractivity contribution in [1.29, 1.82) is 0 Å². The highest BCUT2D eigenvalue weighted by molar-refractivity contribution is 6.41. The third-order valence-corrected chi connectivity index (χ3v) is 4.18. The molecule has 0 radical (unpaired) electrons. The molecule has 0 bridgehead atoms. The molecule has 0 saturated heterocycles. The predicted octanol–water partition coefficient (Wildman–Crippen LogP) is 2.55. The van der Waals surface area contributed by atoms with Crippen molar-refractivity contribution in [2.75, 3.05) is 6.61 Å². The average molecular weight is 372 g/mol. The summed E-state index contributed by atoms with van der Waals surface area (Å²) in [5.74, 6) is -0.924. The topological polar surface area (TPSA) is 94.1 Å². The van der Waals surface area contributed by atoms with Crippen molar-refractivity contribution in [3.63, 3.8) is 0 Å². The van der Waals surface area contributed by atoms with Gasteiger partial charge < -0.3 is 9.72 Å². The second-order valence-corrected chi connectivity index (χ2v) is 5.82. The summed E-state index contributed by atoms with van der Waals surface area (Å²) in [6.07, 6.45) is 1.19. The minimum absolute atomic E-state index is 0.0156. The number of hydrogen-bond acceptors (Lipinski definition) is 5. The first-order chi connectivity index (χ1) is 11.3. The number of ketones is 1. The van der Waals surface area contributed by atoms with Gasteiger partial charge in [0.2, 0.25) is 5.78 Å². The van der Waals surface area contributed by atoms with E-state index in [1.165, 1.54) is 6.20 Å². The number of rotatable bonds is 5. The molecule has 2 aromatic rings. The number of aromatic amines is 1. The second-order valence-electron chi connectivity index (χ2n) is 5.04. The predicted molar refractivity (Wildman–Crippen MR) is 89.1 cm³/mol. The molecule has 0 unspecified atom stereocenters. The van der Waals surface area contributed by atoms with Gasteiger partial charge in [0.15, 0.2) is 0 Å². The van der Waals surface area contributed by atoms with Crippen molar-refractivity contribution in [2.45, 2.75) is 27.3 Å². The van der Waals surface area contributed by atoms with Gasteiger partial charge >= 0.3 is 5.97 Å². The molecule has 7 nitrogen and oxygen atoms in total. The molecule has 128 valence electrons. The summed E-state index contributed by atoms with van der Waals surface area (Å²) in [7, 11) is 0. The van der Waals surface area contributed by atoms with Gasteiger partial charge in [0.05, 0.1) is 29.1 Å². The smallest absolute Gasteiger partial charge is 0.340 e. The van der Waals surface area contributed by atoms with Crippen LogP contribution in [0.5, 0.6) is 0 Å². The molecule has 9 heteroatoms. The van der Waals surface area contributed by atoms with Gasteiger partial charge in [-0.1, -0.05) is 23.2 Å². The average Bonchev–Trinajstić information content (AvgIpc) is 2.83. The molecule has 0 aliphatic carbocycles. The quantitative estimate of drug-likeness (QED) is 0.643. The molecule has 0 aromatic carbocycles. The highest BCUT2D eigenvalue weighted by Gasteiger charge is 2.23. The van der Waals surface area contributed by atoms with Crippen LogP contribution in [0.4, 0.5) is 0 Å². The Kier molecular flexibility index (Phi) is 5.46. The van der Waals surface area contributed by atoms with Gasteiger partial charge in [-0.2, -0.15) is 5.10 Å². The maximum absolute atomic E-state index is 12.5. The number of hydrogen-bond donors (Lipinski definition) is 1. The number of esters is 1. The molecule has 2 aromatic heterocycles. The first-order valence-corrected chi connectivity index (χ1v) is 7.84. The van der Waals surface area contributed by atoms with Crippen LogP contribution >= 0.6 is 23.2 Å². The third kappa shape index (κ3) is 3.37. The molecular formula is C15H15Cl2N3O4. The molecule has 0 fully saturated rings. The van der Waals surface area contributed by atoms with Crippen molar-refractivity contribution in [3.05, 3.63) is 49.1 Å². The number of nitrogens with one attached hydrogen (secondary N) is 1. The Labute approximate surface area is 147 Å². The fourth-order valence-electron chi connectivity index (χ4n) is 2.31. The van der Waals surface area contributed by atoms with Crippen LogP contribution in [0.1, 0.15) is 39.0 Å². The Morgan fingerprint density at radius 1 is 1.33 bits per heavy atom. The zero-order valence-electron chi connectivity index (χ0n) is 13.3. The van der Waals surface area contributed by atoms with Crippen molar-refractivity contribution >= 4 is 35.0 Å². The Balaban J connectivity index is 2.35. The van der Waals surface area contributed by atoms with E-state index in [1.807, 2.05) is 0 Å². The van der Waals surface area contributed by atoms with Gasteiger partial charge in [-0.05, 0) is 26.3 Å². The Bertz CT molecular complexity index is 870. The van der Waals surface area contributed by atoms with Crippen molar-refractivity contribution in [3.8, 4) is 0 Å². The fourth-order valence-corrected chi connectivity index (χ4v) is 2.58. The van der Waals surface area contributed by atoms with E-state index in [-0.39, 0.29) is 28.9 Å². The molecule has 0 spiro atoms. The molecule has 24 heavy (non-hydrogen) atoms. The molecule has 0 aliphatic rings. The summed E-state index contributed by atoms with van der Waals surface area (Å²) in [6.45, 7) is 4.89. The maximum atomic E-state index is 12.5. The monoisotopic (exact) mass is 371 g/mol. The Morgan fingerprint density at radius 2 is 2.00 bits per heavy atom. The largest absolute Gasteiger partial charge is 0.462 e. The Hall–Kier alpha value is -2.12. The first-order valence-electron chi connectivity index (χ1n) is 7.08. The lowest BCUT2D eigenvalue weighted by atomic mass is 10.1. The number of halogens is 2.